The number of nitrogens with one attached hydrogen (secondary N) is 1. The van der Waals surface area contributed by atoms with Crippen LogP contribution in [0.4, 0.5) is 0 Å². The van der Waals surface area contributed by atoms with Crippen molar-refractivity contribution in [2.75, 3.05) is 25.4 Å². The van der Waals surface area contributed by atoms with Gasteiger partial charge in [0, 0.05) is 25.8 Å². The molecule has 0 unspecified atom stereocenters. The molecule has 1 aromatic heterocycles. The molecule has 1 heterocycles. The summed E-state index contributed by atoms with van der Waals surface area (Å²) < 4.78 is 26.3. The highest BCUT2D eigenvalue weighted by Crippen LogP contribution is 2.19. The molecule has 0 bridgehead atoms. The second-order valence-corrected chi connectivity index (χ2v) is 10.1. The molecule has 1 aromatic carbocycles. The van der Waals surface area contributed by atoms with Gasteiger partial charge in [0.25, 0.3) is 0 Å². The first-order valence-electron chi connectivity index (χ1n) is 10.2. The quantitative estimate of drug-likeness (QED) is 0.529. The maximum Gasteiger partial charge on any atom is 0.244 e. The standard InChI is InChI=1S/C22H31N3O3S2/c1-5-25(6-2)30(27,28)20-11-12-22(24-15-20)29-16-21(26)23-14-13-18-7-9-19(10-8-18)17(3)4/h7-12,15,17H,5-6,13-14,16H2,1-4H3,(H,23,26). The minimum absolute atomic E-state index is 0.0690. The summed E-state index contributed by atoms with van der Waals surface area (Å²) in [6.45, 7) is 9.35. The maximum absolute atomic E-state index is 12.5. The molecule has 0 saturated heterocycles. The van der Waals surface area contributed by atoms with E-state index in [2.05, 4.69) is 48.4 Å². The first-order chi connectivity index (χ1) is 14.3. The molecular weight excluding hydrogens is 418 g/mol. The number of carbonyl (C=O) groups excluding carboxylic acids is 1. The van der Waals surface area contributed by atoms with Crippen molar-refractivity contribution in [2.45, 2.75) is 50.0 Å². The lowest BCUT2D eigenvalue weighted by molar-refractivity contribution is -0.118. The Morgan fingerprint density at radius 2 is 1.77 bits per heavy atom. The van der Waals surface area contributed by atoms with Crippen molar-refractivity contribution in [3.8, 4) is 0 Å². The van der Waals surface area contributed by atoms with Crippen molar-refractivity contribution < 1.29 is 13.2 Å². The van der Waals surface area contributed by atoms with Crippen LogP contribution in [-0.2, 0) is 21.2 Å². The smallest absolute Gasteiger partial charge is 0.244 e. The fourth-order valence-electron chi connectivity index (χ4n) is 2.92. The van der Waals surface area contributed by atoms with Crippen molar-refractivity contribution in [2.24, 2.45) is 0 Å². The highest BCUT2D eigenvalue weighted by atomic mass is 32.2. The van der Waals surface area contributed by atoms with Gasteiger partial charge in [0.2, 0.25) is 15.9 Å². The van der Waals surface area contributed by atoms with Gasteiger partial charge in [0.15, 0.2) is 0 Å². The number of thioether (sulfide) groups is 1. The zero-order valence-corrected chi connectivity index (χ0v) is 19.7. The zero-order valence-electron chi connectivity index (χ0n) is 18.1. The normalized spacial score (nSPS) is 11.8. The molecule has 30 heavy (non-hydrogen) atoms. The average molecular weight is 450 g/mol. The highest BCUT2D eigenvalue weighted by molar-refractivity contribution is 7.99. The molecule has 2 aromatic rings. The van der Waals surface area contributed by atoms with Gasteiger partial charge in [-0.15, -0.1) is 0 Å². The van der Waals surface area contributed by atoms with Crippen molar-refractivity contribution >= 4 is 27.7 Å². The Kier molecular flexibility index (Phi) is 9.33. The fraction of sp³-hybridized carbons (Fsp3) is 0.455. The predicted octanol–water partition coefficient (Wildman–Crippen LogP) is 3.69. The summed E-state index contributed by atoms with van der Waals surface area (Å²) in [5.41, 5.74) is 2.50. The van der Waals surface area contributed by atoms with Gasteiger partial charge in [-0.1, -0.05) is 63.7 Å². The molecule has 0 atom stereocenters. The number of benzene rings is 1. The van der Waals surface area contributed by atoms with E-state index in [1.165, 1.54) is 33.4 Å². The first kappa shape index (κ1) is 24.4. The minimum Gasteiger partial charge on any atom is -0.355 e. The molecule has 0 radical (unpaired) electrons. The number of hydrogen-bond acceptors (Lipinski definition) is 5. The van der Waals surface area contributed by atoms with Gasteiger partial charge < -0.3 is 5.32 Å². The summed E-state index contributed by atoms with van der Waals surface area (Å²) in [6.07, 6.45) is 2.14. The van der Waals surface area contributed by atoms with Gasteiger partial charge in [-0.25, -0.2) is 13.4 Å². The monoisotopic (exact) mass is 449 g/mol. The lowest BCUT2D eigenvalue weighted by atomic mass is 10.0. The Hall–Kier alpha value is -1.90. The van der Waals surface area contributed by atoms with E-state index in [4.69, 9.17) is 0 Å². The van der Waals surface area contributed by atoms with Crippen LogP contribution in [0.2, 0.25) is 0 Å². The predicted molar refractivity (Wildman–Crippen MR) is 122 cm³/mol. The lowest BCUT2D eigenvalue weighted by Gasteiger charge is -2.18. The van der Waals surface area contributed by atoms with Gasteiger partial charge in [0.1, 0.15) is 4.90 Å². The van der Waals surface area contributed by atoms with Crippen LogP contribution < -0.4 is 5.32 Å². The summed E-state index contributed by atoms with van der Waals surface area (Å²) in [4.78, 5) is 16.4. The molecule has 6 nitrogen and oxygen atoms in total. The average Bonchev–Trinajstić information content (AvgIpc) is 2.73. The van der Waals surface area contributed by atoms with Gasteiger partial charge >= 0.3 is 0 Å². The zero-order chi connectivity index (χ0) is 22.1. The fourth-order valence-corrected chi connectivity index (χ4v) is 5.00. The molecule has 0 saturated carbocycles. The molecule has 0 aliphatic heterocycles. The van der Waals surface area contributed by atoms with E-state index in [0.29, 0.717) is 30.6 Å². The summed E-state index contributed by atoms with van der Waals surface area (Å²) in [7, 11) is -3.51. The van der Waals surface area contributed by atoms with Crippen LogP contribution in [0, 0.1) is 0 Å². The van der Waals surface area contributed by atoms with E-state index in [1.807, 2.05) is 0 Å². The second kappa shape index (κ2) is 11.5. The van der Waals surface area contributed by atoms with Crippen LogP contribution >= 0.6 is 11.8 Å². The molecule has 0 aliphatic rings. The number of nitrogens with zero attached hydrogens (tertiary/aromatic N) is 2. The molecule has 1 amide bonds. The van der Waals surface area contributed by atoms with E-state index in [0.717, 1.165) is 6.42 Å². The third-order valence-corrected chi connectivity index (χ3v) is 7.76. The molecule has 1 N–H and O–H groups in total. The Morgan fingerprint density at radius 1 is 1.10 bits per heavy atom. The van der Waals surface area contributed by atoms with Crippen LogP contribution in [0.25, 0.3) is 0 Å². The van der Waals surface area contributed by atoms with Gasteiger partial charge in [-0.05, 0) is 35.6 Å². The summed E-state index contributed by atoms with van der Waals surface area (Å²) in [6, 6.07) is 11.7. The number of hydrogen-bond donors (Lipinski definition) is 1. The largest absolute Gasteiger partial charge is 0.355 e. The molecular formula is C22H31N3O3S2. The SMILES string of the molecule is CCN(CC)S(=O)(=O)c1ccc(SCC(=O)NCCc2ccc(C(C)C)cc2)nc1. The molecule has 2 rings (SSSR count). The summed E-state index contributed by atoms with van der Waals surface area (Å²) in [5.74, 6) is 0.678. The molecule has 0 aliphatic carbocycles. The van der Waals surface area contributed by atoms with Gasteiger partial charge in [-0.3, -0.25) is 4.79 Å². The first-order valence-corrected chi connectivity index (χ1v) is 12.6. The molecule has 164 valence electrons. The summed E-state index contributed by atoms with van der Waals surface area (Å²) in [5, 5.41) is 3.53. The van der Waals surface area contributed by atoms with E-state index in [-0.39, 0.29) is 16.6 Å². The minimum atomic E-state index is -3.51. The Morgan fingerprint density at radius 3 is 2.30 bits per heavy atom. The topological polar surface area (TPSA) is 79.4 Å². The number of carbonyl (C=O) groups is 1. The van der Waals surface area contributed by atoms with Crippen molar-refractivity contribution in [3.05, 3.63) is 53.7 Å². The number of aromatic nitrogens is 1. The van der Waals surface area contributed by atoms with Crippen molar-refractivity contribution in [3.63, 3.8) is 0 Å². The maximum atomic E-state index is 12.5. The Labute approximate surface area is 184 Å². The van der Waals surface area contributed by atoms with Crippen LogP contribution in [0.3, 0.4) is 0 Å². The molecule has 0 spiro atoms. The Balaban J connectivity index is 1.79. The number of rotatable bonds is 11. The van der Waals surface area contributed by atoms with Gasteiger partial charge in [0.05, 0.1) is 10.8 Å². The van der Waals surface area contributed by atoms with Crippen LogP contribution in [0.5, 0.6) is 0 Å². The van der Waals surface area contributed by atoms with Crippen LogP contribution in [0.15, 0.2) is 52.5 Å². The van der Waals surface area contributed by atoms with E-state index in [9.17, 15) is 13.2 Å². The van der Waals surface area contributed by atoms with Crippen molar-refractivity contribution in [1.82, 2.24) is 14.6 Å². The molecule has 8 heteroatoms. The number of amides is 1. The lowest BCUT2D eigenvalue weighted by Crippen LogP contribution is -2.30. The summed E-state index contributed by atoms with van der Waals surface area (Å²) >= 11 is 1.29. The third kappa shape index (κ3) is 6.82. The van der Waals surface area contributed by atoms with Crippen LogP contribution in [-0.4, -0.2) is 49.0 Å². The highest BCUT2D eigenvalue weighted by Gasteiger charge is 2.21. The van der Waals surface area contributed by atoms with E-state index >= 15 is 0 Å². The number of sulfonamides is 1. The third-order valence-electron chi connectivity index (χ3n) is 4.79. The second-order valence-electron chi connectivity index (χ2n) is 7.21. The van der Waals surface area contributed by atoms with Crippen molar-refractivity contribution in [1.29, 1.82) is 0 Å². The van der Waals surface area contributed by atoms with Gasteiger partial charge in [-0.2, -0.15) is 4.31 Å². The molecule has 0 fully saturated rings. The number of pyridine rings is 1. The Bertz CT molecular complexity index is 908. The van der Waals surface area contributed by atoms with E-state index < -0.39 is 10.0 Å². The van der Waals surface area contributed by atoms with E-state index in [1.54, 1.807) is 26.0 Å². The van der Waals surface area contributed by atoms with Crippen LogP contribution in [0.1, 0.15) is 44.7 Å².